The molecule has 3 heterocycles. The average Bonchev–Trinajstić information content (AvgIpc) is 3.44. The number of rotatable bonds is 5. The van der Waals surface area contributed by atoms with Crippen LogP contribution in [0.25, 0.3) is 0 Å². The molecule has 3 aromatic rings. The number of nitrogens with one attached hydrogen (secondary N) is 1. The molecule has 0 bridgehead atoms. The van der Waals surface area contributed by atoms with Gasteiger partial charge in [0, 0.05) is 37.6 Å². The van der Waals surface area contributed by atoms with Gasteiger partial charge >= 0.3 is 0 Å². The number of carbonyl (C=O) groups excluding carboxylic acids is 2. The van der Waals surface area contributed by atoms with Crippen LogP contribution in [0.2, 0.25) is 5.02 Å². The average molecular weight is 427 g/mol. The van der Waals surface area contributed by atoms with Crippen LogP contribution in [0.5, 0.6) is 0 Å². The molecule has 1 N–H and O–H groups in total. The van der Waals surface area contributed by atoms with Crippen molar-refractivity contribution >= 4 is 23.4 Å². The fraction of sp³-hybridized carbons (Fsp3) is 0.318. The van der Waals surface area contributed by atoms with Crippen molar-refractivity contribution in [1.29, 1.82) is 0 Å². The third-order valence-corrected chi connectivity index (χ3v) is 5.71. The van der Waals surface area contributed by atoms with Crippen LogP contribution in [0.4, 0.5) is 0 Å². The van der Waals surface area contributed by atoms with Crippen LogP contribution in [-0.2, 0) is 11.8 Å². The van der Waals surface area contributed by atoms with Crippen LogP contribution in [0.1, 0.15) is 40.6 Å². The summed E-state index contributed by atoms with van der Waals surface area (Å²) < 4.78 is 6.90. The fourth-order valence-corrected chi connectivity index (χ4v) is 3.94. The Morgan fingerprint density at radius 3 is 2.73 bits per heavy atom. The number of furan rings is 1. The van der Waals surface area contributed by atoms with Gasteiger partial charge in [-0.15, -0.1) is 0 Å². The first-order valence-corrected chi connectivity index (χ1v) is 10.3. The van der Waals surface area contributed by atoms with Gasteiger partial charge in [0.05, 0.1) is 17.7 Å². The van der Waals surface area contributed by atoms with Gasteiger partial charge in [-0.25, -0.2) is 4.98 Å². The van der Waals surface area contributed by atoms with Gasteiger partial charge in [0.2, 0.25) is 5.91 Å². The summed E-state index contributed by atoms with van der Waals surface area (Å²) in [5.74, 6) is 0.236. The van der Waals surface area contributed by atoms with E-state index < -0.39 is 6.04 Å². The third kappa shape index (κ3) is 4.26. The molecule has 0 aliphatic carbocycles. The lowest BCUT2D eigenvalue weighted by atomic mass is 9.95. The highest BCUT2D eigenvalue weighted by molar-refractivity contribution is 6.30. The standard InChI is InChI=1S/C22H23ClN4O3/c1-26-11-9-24-20(26)19(15-4-6-18(23)7-5-15)25-21(28)16-3-2-10-27(13-16)22(29)17-8-12-30-14-17/h4-9,11-12,14,16,19H,2-3,10,13H2,1H3,(H,25,28)/t16-,19+/m0/s1. The summed E-state index contributed by atoms with van der Waals surface area (Å²) in [5, 5.41) is 3.77. The van der Waals surface area contributed by atoms with Gasteiger partial charge in [-0.2, -0.15) is 0 Å². The number of imidazole rings is 1. The topological polar surface area (TPSA) is 80.4 Å². The molecule has 0 unspecified atom stereocenters. The Balaban J connectivity index is 1.51. The number of halogens is 1. The molecule has 0 radical (unpaired) electrons. The summed E-state index contributed by atoms with van der Waals surface area (Å²) in [4.78, 5) is 32.0. The van der Waals surface area contributed by atoms with Crippen LogP contribution in [0.3, 0.4) is 0 Å². The van der Waals surface area contributed by atoms with Crippen molar-refractivity contribution < 1.29 is 14.0 Å². The minimum absolute atomic E-state index is 0.0948. The van der Waals surface area contributed by atoms with E-state index in [-0.39, 0.29) is 17.7 Å². The second-order valence-corrected chi connectivity index (χ2v) is 7.93. The van der Waals surface area contributed by atoms with E-state index in [9.17, 15) is 9.59 Å². The maximum Gasteiger partial charge on any atom is 0.257 e. The summed E-state index contributed by atoms with van der Waals surface area (Å²) >= 11 is 6.04. The Morgan fingerprint density at radius 1 is 1.27 bits per heavy atom. The molecule has 1 aliphatic heterocycles. The van der Waals surface area contributed by atoms with Crippen molar-refractivity contribution in [3.8, 4) is 0 Å². The predicted octanol–water partition coefficient (Wildman–Crippen LogP) is 3.42. The predicted molar refractivity (Wildman–Crippen MR) is 112 cm³/mol. The molecule has 156 valence electrons. The normalized spacial score (nSPS) is 17.5. The smallest absolute Gasteiger partial charge is 0.257 e. The fourth-order valence-electron chi connectivity index (χ4n) is 3.81. The second-order valence-electron chi connectivity index (χ2n) is 7.49. The molecule has 1 saturated heterocycles. The number of piperidine rings is 1. The first kappa shape index (κ1) is 20.2. The number of amides is 2. The minimum atomic E-state index is -0.408. The van der Waals surface area contributed by atoms with Gasteiger partial charge in [-0.05, 0) is 36.6 Å². The van der Waals surface area contributed by atoms with Gasteiger partial charge in [0.1, 0.15) is 18.1 Å². The number of likely N-dealkylation sites (tertiary alicyclic amines) is 1. The maximum atomic E-state index is 13.2. The minimum Gasteiger partial charge on any atom is -0.472 e. The number of hydrogen-bond acceptors (Lipinski definition) is 4. The maximum absolute atomic E-state index is 13.2. The van der Waals surface area contributed by atoms with Crippen molar-refractivity contribution in [3.05, 3.63) is 77.2 Å². The van der Waals surface area contributed by atoms with E-state index in [4.69, 9.17) is 16.0 Å². The molecule has 7 nitrogen and oxygen atoms in total. The van der Waals surface area contributed by atoms with Crippen molar-refractivity contribution in [3.63, 3.8) is 0 Å². The number of aromatic nitrogens is 2. The van der Waals surface area contributed by atoms with Crippen molar-refractivity contribution in [1.82, 2.24) is 19.8 Å². The molecule has 2 amide bonds. The van der Waals surface area contributed by atoms with Crippen LogP contribution < -0.4 is 5.32 Å². The highest BCUT2D eigenvalue weighted by Crippen LogP contribution is 2.25. The number of hydrogen-bond donors (Lipinski definition) is 1. The molecule has 1 aromatic carbocycles. The van der Waals surface area contributed by atoms with Gasteiger partial charge in [0.15, 0.2) is 0 Å². The van der Waals surface area contributed by atoms with E-state index >= 15 is 0 Å². The molecule has 1 fully saturated rings. The van der Waals surface area contributed by atoms with E-state index in [1.54, 1.807) is 29.3 Å². The van der Waals surface area contributed by atoms with Crippen LogP contribution in [0, 0.1) is 5.92 Å². The molecule has 2 atom stereocenters. The molecular formula is C22H23ClN4O3. The van der Waals surface area contributed by atoms with Crippen LogP contribution in [-0.4, -0.2) is 39.4 Å². The van der Waals surface area contributed by atoms with Gasteiger partial charge in [-0.3, -0.25) is 9.59 Å². The SMILES string of the molecule is Cn1ccnc1[C@H](NC(=O)[C@H]1CCCN(C(=O)c2ccoc2)C1)c1ccc(Cl)cc1. The quantitative estimate of drug-likeness (QED) is 0.677. The van der Waals surface area contributed by atoms with Crippen molar-refractivity contribution in [2.24, 2.45) is 13.0 Å². The number of aryl methyl sites for hydroxylation is 1. The van der Waals surface area contributed by atoms with Crippen molar-refractivity contribution in [2.45, 2.75) is 18.9 Å². The number of carbonyl (C=O) groups is 2. The summed E-state index contributed by atoms with van der Waals surface area (Å²) in [6, 6.07) is 8.60. The van der Waals surface area contributed by atoms with Crippen molar-refractivity contribution in [2.75, 3.05) is 13.1 Å². The molecule has 8 heteroatoms. The molecular weight excluding hydrogens is 404 g/mol. The van der Waals surface area contributed by atoms with E-state index in [0.717, 1.165) is 24.2 Å². The lowest BCUT2D eigenvalue weighted by Crippen LogP contribution is -2.46. The summed E-state index contributed by atoms with van der Waals surface area (Å²) in [6.45, 7) is 1.01. The summed E-state index contributed by atoms with van der Waals surface area (Å²) in [6.07, 6.45) is 7.96. The number of benzene rings is 1. The Labute approximate surface area is 179 Å². The van der Waals surface area contributed by atoms with Gasteiger partial charge in [-0.1, -0.05) is 23.7 Å². The molecule has 0 spiro atoms. The first-order valence-electron chi connectivity index (χ1n) is 9.87. The highest BCUT2D eigenvalue weighted by atomic mass is 35.5. The summed E-state index contributed by atoms with van der Waals surface area (Å²) in [7, 11) is 1.89. The Kier molecular flexibility index (Phi) is 5.90. The molecule has 0 saturated carbocycles. The molecule has 30 heavy (non-hydrogen) atoms. The second kappa shape index (κ2) is 8.75. The zero-order valence-electron chi connectivity index (χ0n) is 16.6. The monoisotopic (exact) mass is 426 g/mol. The van der Waals surface area contributed by atoms with E-state index in [1.165, 1.54) is 12.5 Å². The molecule has 4 rings (SSSR count). The summed E-state index contributed by atoms with van der Waals surface area (Å²) in [5.41, 5.74) is 1.40. The largest absolute Gasteiger partial charge is 0.472 e. The van der Waals surface area contributed by atoms with E-state index in [2.05, 4.69) is 10.3 Å². The Morgan fingerprint density at radius 2 is 2.07 bits per heavy atom. The molecule has 2 aromatic heterocycles. The Bertz CT molecular complexity index is 1010. The number of nitrogens with zero attached hydrogens (tertiary/aromatic N) is 3. The van der Waals surface area contributed by atoms with E-state index in [1.807, 2.05) is 29.9 Å². The van der Waals surface area contributed by atoms with Gasteiger partial charge in [0.25, 0.3) is 5.91 Å². The van der Waals surface area contributed by atoms with Crippen LogP contribution in [0.15, 0.2) is 59.7 Å². The lowest BCUT2D eigenvalue weighted by Gasteiger charge is -2.32. The zero-order valence-corrected chi connectivity index (χ0v) is 17.4. The third-order valence-electron chi connectivity index (χ3n) is 5.45. The first-order chi connectivity index (χ1) is 14.5. The van der Waals surface area contributed by atoms with Crippen LogP contribution >= 0.6 is 11.6 Å². The lowest BCUT2D eigenvalue weighted by molar-refractivity contribution is -0.126. The Hall–Kier alpha value is -3.06. The zero-order chi connectivity index (χ0) is 21.1. The highest BCUT2D eigenvalue weighted by Gasteiger charge is 2.31. The van der Waals surface area contributed by atoms with E-state index in [0.29, 0.717) is 23.7 Å². The molecule has 1 aliphatic rings. The van der Waals surface area contributed by atoms with Gasteiger partial charge < -0.3 is 19.2 Å².